The molecule has 43 heavy (non-hydrogen) atoms. The number of nitrogens with zero attached hydrogens (tertiary/aromatic N) is 3. The van der Waals surface area contributed by atoms with Crippen LogP contribution in [0.15, 0.2) is 95.2 Å². The van der Waals surface area contributed by atoms with Crippen molar-refractivity contribution in [3.8, 4) is 5.75 Å². The molecule has 0 bridgehead atoms. The third-order valence-electron chi connectivity index (χ3n) is 8.52. The van der Waals surface area contributed by atoms with E-state index in [-0.39, 0.29) is 24.2 Å². The third-order valence-corrected chi connectivity index (χ3v) is 9.12. The fourth-order valence-electron chi connectivity index (χ4n) is 6.43. The highest BCUT2D eigenvalue weighted by atomic mass is 79.9. The minimum atomic E-state index is -0.640. The second-order valence-electron chi connectivity index (χ2n) is 12.0. The van der Waals surface area contributed by atoms with Crippen LogP contribution in [0, 0.1) is 5.92 Å². The normalized spacial score (nSPS) is 21.6. The van der Waals surface area contributed by atoms with E-state index in [1.165, 1.54) is 11.1 Å². The molecule has 3 aromatic heterocycles. The largest absolute Gasteiger partial charge is 0.497 e. The molecule has 1 saturated heterocycles. The van der Waals surface area contributed by atoms with Gasteiger partial charge in [0.2, 0.25) is 0 Å². The van der Waals surface area contributed by atoms with Crippen LogP contribution in [0.3, 0.4) is 0 Å². The number of fused-ring (bicyclic) bond motifs is 3. The van der Waals surface area contributed by atoms with Crippen molar-refractivity contribution in [2.45, 2.75) is 57.8 Å². The van der Waals surface area contributed by atoms with E-state index in [0.29, 0.717) is 6.54 Å². The fourth-order valence-corrected chi connectivity index (χ4v) is 6.91. The quantitative estimate of drug-likeness (QED) is 0.175. The summed E-state index contributed by atoms with van der Waals surface area (Å²) >= 11 is 3.70. The van der Waals surface area contributed by atoms with Gasteiger partial charge in [-0.3, -0.25) is 0 Å². The van der Waals surface area contributed by atoms with Crippen LogP contribution in [-0.4, -0.2) is 39.6 Å². The topological polar surface area (TPSA) is 70.4 Å². The average molecular weight is 640 g/mol. The molecule has 4 atom stereocenters. The SMILES string of the molecule is COc1ccc(CNc2nc3cc(CC(C)C4=C[C@@H](n5ccc6cccnc65)[C@@H]5OC(C)(C)O[C@H]45)ccc3cc2Br)cc1. The van der Waals surface area contributed by atoms with Crippen molar-refractivity contribution < 1.29 is 14.2 Å². The van der Waals surface area contributed by atoms with Crippen molar-refractivity contribution >= 4 is 43.7 Å². The summed E-state index contributed by atoms with van der Waals surface area (Å²) in [4.78, 5) is 9.65. The lowest BCUT2D eigenvalue weighted by Crippen LogP contribution is -2.28. The monoisotopic (exact) mass is 638 g/mol. The number of aromatic nitrogens is 3. The Kier molecular flexibility index (Phi) is 7.24. The Labute approximate surface area is 260 Å². The molecule has 7 rings (SSSR count). The first-order valence-electron chi connectivity index (χ1n) is 14.7. The first kappa shape index (κ1) is 28.1. The molecule has 1 aliphatic heterocycles. The number of nitrogens with one attached hydrogen (secondary N) is 1. The highest BCUT2D eigenvalue weighted by molar-refractivity contribution is 9.10. The predicted octanol–water partition coefficient (Wildman–Crippen LogP) is 7.85. The number of rotatable bonds is 8. The highest BCUT2D eigenvalue weighted by Crippen LogP contribution is 2.46. The number of benzene rings is 2. The van der Waals surface area contributed by atoms with Crippen LogP contribution in [0.5, 0.6) is 5.75 Å². The lowest BCUT2D eigenvalue weighted by molar-refractivity contribution is -0.148. The number of hydrogen-bond acceptors (Lipinski definition) is 6. The van der Waals surface area contributed by atoms with Crippen LogP contribution in [0.25, 0.3) is 21.9 Å². The standard InChI is InChI=1S/C35H35BrN4O3/c1-21(27-19-30(32-31(27)42-35(2,3)43-32)40-15-13-24-6-5-14-37-34(24)40)16-23-7-10-25-18-28(36)33(39-29(25)17-23)38-20-22-8-11-26(41-4)12-9-22/h5-15,17-19,21,30-32H,16,20H2,1-4H3,(H,38,39)/t21?,30-,31-,32+/m1/s1. The summed E-state index contributed by atoms with van der Waals surface area (Å²) in [5.41, 5.74) is 5.61. The van der Waals surface area contributed by atoms with E-state index in [1.54, 1.807) is 7.11 Å². The summed E-state index contributed by atoms with van der Waals surface area (Å²) in [6.07, 6.45) is 6.99. The number of pyridine rings is 2. The molecule has 1 N–H and O–H groups in total. The Hall–Kier alpha value is -3.72. The van der Waals surface area contributed by atoms with E-state index in [9.17, 15) is 0 Å². The van der Waals surface area contributed by atoms with Gasteiger partial charge in [-0.05, 0) is 101 Å². The van der Waals surface area contributed by atoms with Crippen LogP contribution in [0.1, 0.15) is 37.9 Å². The molecule has 2 aromatic carbocycles. The summed E-state index contributed by atoms with van der Waals surface area (Å²) < 4.78 is 21.4. The second kappa shape index (κ2) is 11.1. The number of methoxy groups -OCH3 is 1. The zero-order chi connectivity index (χ0) is 29.7. The smallest absolute Gasteiger partial charge is 0.164 e. The van der Waals surface area contributed by atoms with Gasteiger partial charge in [0.15, 0.2) is 5.79 Å². The van der Waals surface area contributed by atoms with Gasteiger partial charge < -0.3 is 24.1 Å². The molecule has 7 nitrogen and oxygen atoms in total. The Bertz CT molecular complexity index is 1830. The van der Waals surface area contributed by atoms with Crippen molar-refractivity contribution in [1.29, 1.82) is 0 Å². The Morgan fingerprint density at radius 3 is 2.65 bits per heavy atom. The highest BCUT2D eigenvalue weighted by Gasteiger charge is 2.51. The molecule has 1 aliphatic carbocycles. The fraction of sp³-hybridized carbons (Fsp3) is 0.314. The molecule has 0 amide bonds. The number of hydrogen-bond donors (Lipinski definition) is 1. The molecule has 8 heteroatoms. The van der Waals surface area contributed by atoms with Crippen LogP contribution in [-0.2, 0) is 22.4 Å². The van der Waals surface area contributed by atoms with Gasteiger partial charge in [-0.1, -0.05) is 37.3 Å². The van der Waals surface area contributed by atoms with E-state index in [1.807, 2.05) is 38.2 Å². The van der Waals surface area contributed by atoms with Crippen molar-refractivity contribution in [3.05, 3.63) is 106 Å². The molecule has 2 aliphatic rings. The molecule has 1 fully saturated rings. The summed E-state index contributed by atoms with van der Waals surface area (Å²) in [6.45, 7) is 6.96. The van der Waals surface area contributed by atoms with Gasteiger partial charge in [0.05, 0.1) is 23.1 Å². The van der Waals surface area contributed by atoms with E-state index in [2.05, 4.69) is 98.5 Å². The maximum Gasteiger partial charge on any atom is 0.164 e. The van der Waals surface area contributed by atoms with Crippen molar-refractivity contribution in [2.75, 3.05) is 12.4 Å². The van der Waals surface area contributed by atoms with Gasteiger partial charge in [-0.25, -0.2) is 9.97 Å². The number of ether oxygens (including phenoxy) is 3. The van der Waals surface area contributed by atoms with Crippen molar-refractivity contribution in [1.82, 2.24) is 14.5 Å². The third kappa shape index (κ3) is 5.44. The molecular weight excluding hydrogens is 604 g/mol. The summed E-state index contributed by atoms with van der Waals surface area (Å²) in [5.74, 6) is 1.29. The van der Waals surface area contributed by atoms with Gasteiger partial charge in [0.25, 0.3) is 0 Å². The van der Waals surface area contributed by atoms with Crippen molar-refractivity contribution in [3.63, 3.8) is 0 Å². The van der Waals surface area contributed by atoms with Crippen LogP contribution in [0.2, 0.25) is 0 Å². The molecule has 4 heterocycles. The Morgan fingerprint density at radius 2 is 1.84 bits per heavy atom. The first-order valence-corrected chi connectivity index (χ1v) is 15.5. The van der Waals surface area contributed by atoms with Gasteiger partial charge in [-0.15, -0.1) is 0 Å². The van der Waals surface area contributed by atoms with Gasteiger partial charge in [0.1, 0.15) is 29.4 Å². The van der Waals surface area contributed by atoms with E-state index >= 15 is 0 Å². The minimum absolute atomic E-state index is 0.0200. The molecule has 5 aromatic rings. The summed E-state index contributed by atoms with van der Waals surface area (Å²) in [6, 6.07) is 23.0. The molecule has 1 unspecified atom stereocenters. The van der Waals surface area contributed by atoms with Gasteiger partial charge in [0, 0.05) is 29.7 Å². The van der Waals surface area contributed by atoms with Crippen molar-refractivity contribution in [2.24, 2.45) is 5.92 Å². The molecule has 220 valence electrons. The molecular formula is C35H35BrN4O3. The lowest BCUT2D eigenvalue weighted by Gasteiger charge is -2.22. The summed E-state index contributed by atoms with van der Waals surface area (Å²) in [5, 5.41) is 5.70. The summed E-state index contributed by atoms with van der Waals surface area (Å²) in [7, 11) is 1.68. The average Bonchev–Trinajstić information content (AvgIpc) is 3.67. The van der Waals surface area contributed by atoms with E-state index in [4.69, 9.17) is 19.2 Å². The minimum Gasteiger partial charge on any atom is -0.497 e. The zero-order valence-corrected chi connectivity index (χ0v) is 26.3. The molecule has 0 spiro atoms. The van der Waals surface area contributed by atoms with E-state index < -0.39 is 5.79 Å². The molecule has 0 saturated carbocycles. The lowest BCUT2D eigenvalue weighted by atomic mass is 9.91. The van der Waals surface area contributed by atoms with E-state index in [0.717, 1.165) is 50.0 Å². The maximum absolute atomic E-state index is 6.50. The van der Waals surface area contributed by atoms with Gasteiger partial charge in [-0.2, -0.15) is 0 Å². The van der Waals surface area contributed by atoms with Crippen LogP contribution < -0.4 is 10.1 Å². The zero-order valence-electron chi connectivity index (χ0n) is 24.8. The van der Waals surface area contributed by atoms with Crippen LogP contribution in [0.4, 0.5) is 5.82 Å². The Balaban J connectivity index is 1.13. The van der Waals surface area contributed by atoms with Gasteiger partial charge >= 0.3 is 0 Å². The van der Waals surface area contributed by atoms with Crippen LogP contribution >= 0.6 is 15.9 Å². The number of anilines is 1. The Morgan fingerprint density at radius 1 is 1.02 bits per heavy atom. The first-order chi connectivity index (χ1) is 20.8. The second-order valence-corrected chi connectivity index (χ2v) is 12.8. The number of halogens is 1. The molecule has 0 radical (unpaired) electrons. The maximum atomic E-state index is 6.50. The predicted molar refractivity (Wildman–Crippen MR) is 173 cm³/mol.